The molecule has 0 aromatic carbocycles. The van der Waals surface area contributed by atoms with E-state index in [0.29, 0.717) is 0 Å². The molecule has 0 aromatic heterocycles. The summed E-state index contributed by atoms with van der Waals surface area (Å²) in [4.78, 5) is 11.4. The van der Waals surface area contributed by atoms with Crippen molar-refractivity contribution in [2.45, 2.75) is 42.6 Å². The molecule has 152 valence electrons. The number of rotatable bonds is 5. The number of hydrogen-bond donors (Lipinski definition) is 7. The third kappa shape index (κ3) is 3.37. The summed E-state index contributed by atoms with van der Waals surface area (Å²) in [5.74, 6) is -3.20. The molecule has 11 heteroatoms. The van der Waals surface area contributed by atoms with Crippen LogP contribution >= 0.6 is 0 Å². The number of ether oxygens (including phenoxy) is 3. The number of aliphatic hydroxyl groups is 6. The number of fused-ring (bicyclic) bond motifs is 1. The predicted octanol–water partition coefficient (Wildman–Crippen LogP) is -3.35. The maximum atomic E-state index is 11.4. The molecule has 7 N–H and O–H groups in total. The molecule has 0 saturated carbocycles. The third-order valence-electron chi connectivity index (χ3n) is 5.15. The Labute approximate surface area is 153 Å². The van der Waals surface area contributed by atoms with Crippen molar-refractivity contribution in [2.24, 2.45) is 11.8 Å². The molecule has 1 fully saturated rings. The molecule has 0 bridgehead atoms. The van der Waals surface area contributed by atoms with Crippen LogP contribution in [0.25, 0.3) is 0 Å². The highest BCUT2D eigenvalue weighted by Crippen LogP contribution is 2.45. The molecule has 0 spiro atoms. The third-order valence-corrected chi connectivity index (χ3v) is 5.15. The first-order valence-electron chi connectivity index (χ1n) is 8.31. The molecule has 0 unspecified atom stereocenters. The van der Waals surface area contributed by atoms with Crippen LogP contribution in [0.4, 0.5) is 0 Å². The molecule has 0 aromatic rings. The van der Waals surface area contributed by atoms with Crippen LogP contribution in [0.1, 0.15) is 0 Å². The fourth-order valence-electron chi connectivity index (χ4n) is 3.60. The van der Waals surface area contributed by atoms with E-state index < -0.39 is 73.6 Å². The van der Waals surface area contributed by atoms with Crippen LogP contribution in [0.2, 0.25) is 0 Å². The number of hydrogen-bond acceptors (Lipinski definition) is 10. The lowest BCUT2D eigenvalue weighted by Crippen LogP contribution is -2.61. The standard InChI is InChI=1S/C16H22O11/c17-3-8-10(19)11(20)12(21)15(26-8)27-14-9-6(1-2-16(9,24)5-18)7(4-25-14)13(22)23/h1-2,4,6,8-12,14-15,17-21,24H,3,5H2,(H,22,23)/t6-,8-,9+,10+,11+,12+,14+,15+,16+/m0/s1. The van der Waals surface area contributed by atoms with E-state index in [2.05, 4.69) is 0 Å². The normalized spacial score (nSPS) is 46.5. The first-order chi connectivity index (χ1) is 12.7. The Morgan fingerprint density at radius 3 is 2.44 bits per heavy atom. The van der Waals surface area contributed by atoms with E-state index in [-0.39, 0.29) is 5.57 Å². The van der Waals surface area contributed by atoms with Crippen LogP contribution in [-0.4, -0.2) is 97.5 Å². The van der Waals surface area contributed by atoms with Gasteiger partial charge >= 0.3 is 5.97 Å². The largest absolute Gasteiger partial charge is 0.478 e. The smallest absolute Gasteiger partial charge is 0.335 e. The molecular formula is C16H22O11. The van der Waals surface area contributed by atoms with Crippen molar-refractivity contribution in [1.29, 1.82) is 0 Å². The lowest BCUT2D eigenvalue weighted by atomic mass is 9.79. The average molecular weight is 390 g/mol. The minimum absolute atomic E-state index is 0.158. The number of carbonyl (C=O) groups is 1. The second-order valence-electron chi connectivity index (χ2n) is 6.78. The maximum absolute atomic E-state index is 11.4. The molecule has 2 aliphatic heterocycles. The molecule has 1 saturated heterocycles. The van der Waals surface area contributed by atoms with Gasteiger partial charge in [-0.2, -0.15) is 0 Å². The summed E-state index contributed by atoms with van der Waals surface area (Å²) in [7, 11) is 0. The van der Waals surface area contributed by atoms with Crippen molar-refractivity contribution < 1.29 is 54.8 Å². The molecule has 9 atom stereocenters. The van der Waals surface area contributed by atoms with Crippen LogP contribution in [-0.2, 0) is 19.0 Å². The van der Waals surface area contributed by atoms with E-state index in [9.17, 15) is 40.5 Å². The van der Waals surface area contributed by atoms with Crippen molar-refractivity contribution >= 4 is 5.97 Å². The number of aliphatic hydroxyl groups excluding tert-OH is 5. The van der Waals surface area contributed by atoms with Crippen molar-refractivity contribution in [2.75, 3.05) is 13.2 Å². The van der Waals surface area contributed by atoms with Gasteiger partial charge in [-0.25, -0.2) is 4.79 Å². The first kappa shape index (κ1) is 20.2. The first-order valence-corrected chi connectivity index (χ1v) is 8.31. The van der Waals surface area contributed by atoms with Crippen LogP contribution in [0.3, 0.4) is 0 Å². The Kier molecular flexibility index (Phi) is 5.57. The van der Waals surface area contributed by atoms with E-state index in [1.54, 1.807) is 0 Å². The Hall–Kier alpha value is -1.57. The highest BCUT2D eigenvalue weighted by molar-refractivity contribution is 5.87. The average Bonchev–Trinajstić information content (AvgIpc) is 3.01. The van der Waals surface area contributed by atoms with Gasteiger partial charge in [-0.05, 0) is 0 Å². The Balaban J connectivity index is 1.84. The van der Waals surface area contributed by atoms with Gasteiger partial charge in [-0.1, -0.05) is 12.2 Å². The summed E-state index contributed by atoms with van der Waals surface area (Å²) in [5, 5.41) is 68.4. The summed E-state index contributed by atoms with van der Waals surface area (Å²) >= 11 is 0. The van der Waals surface area contributed by atoms with Gasteiger partial charge < -0.3 is 50.0 Å². The summed E-state index contributed by atoms with van der Waals surface area (Å²) in [6.07, 6.45) is -5.48. The Morgan fingerprint density at radius 1 is 1.15 bits per heavy atom. The van der Waals surface area contributed by atoms with Gasteiger partial charge in [-0.3, -0.25) is 0 Å². The van der Waals surface area contributed by atoms with Crippen LogP contribution < -0.4 is 0 Å². The Morgan fingerprint density at radius 2 is 1.85 bits per heavy atom. The quantitative estimate of drug-likeness (QED) is 0.233. The van der Waals surface area contributed by atoms with Crippen molar-refractivity contribution in [3.05, 3.63) is 24.0 Å². The van der Waals surface area contributed by atoms with Crippen LogP contribution in [0, 0.1) is 11.8 Å². The zero-order valence-electron chi connectivity index (χ0n) is 14.0. The van der Waals surface area contributed by atoms with Crippen molar-refractivity contribution in [3.63, 3.8) is 0 Å². The van der Waals surface area contributed by atoms with Crippen LogP contribution in [0.15, 0.2) is 24.0 Å². The zero-order valence-corrected chi connectivity index (χ0v) is 14.0. The minimum atomic E-state index is -1.85. The second-order valence-corrected chi connectivity index (χ2v) is 6.78. The van der Waals surface area contributed by atoms with E-state index in [1.165, 1.54) is 12.2 Å². The highest BCUT2D eigenvalue weighted by Gasteiger charge is 2.55. The van der Waals surface area contributed by atoms with E-state index >= 15 is 0 Å². The number of allylic oxidation sites excluding steroid dienone is 1. The van der Waals surface area contributed by atoms with Gasteiger partial charge in [-0.15, -0.1) is 0 Å². The lowest BCUT2D eigenvalue weighted by molar-refractivity contribution is -0.346. The molecule has 27 heavy (non-hydrogen) atoms. The molecule has 3 rings (SSSR count). The van der Waals surface area contributed by atoms with E-state index in [0.717, 1.165) is 6.26 Å². The topological polar surface area (TPSA) is 186 Å². The molecular weight excluding hydrogens is 368 g/mol. The minimum Gasteiger partial charge on any atom is -0.478 e. The SMILES string of the molecule is O=C(O)C1=CO[C@H](O[C@H]2O[C@@H](CO)[C@@H](O)[C@@H](O)[C@H]2O)[C@H]2[C@H]1C=C[C@@]2(O)CO. The van der Waals surface area contributed by atoms with Gasteiger partial charge in [0.15, 0.2) is 6.29 Å². The Bertz CT molecular complexity index is 632. The van der Waals surface area contributed by atoms with Gasteiger partial charge in [0.05, 0.1) is 31.0 Å². The van der Waals surface area contributed by atoms with Crippen LogP contribution in [0.5, 0.6) is 0 Å². The summed E-state index contributed by atoms with van der Waals surface area (Å²) in [6, 6.07) is 0. The monoisotopic (exact) mass is 390 g/mol. The number of carboxylic acid groups (broad SMARTS) is 1. The van der Waals surface area contributed by atoms with E-state index in [1.807, 2.05) is 0 Å². The number of aliphatic carboxylic acids is 1. The molecule has 0 amide bonds. The van der Waals surface area contributed by atoms with Crippen molar-refractivity contribution in [3.8, 4) is 0 Å². The maximum Gasteiger partial charge on any atom is 0.335 e. The summed E-state index contributed by atoms with van der Waals surface area (Å²) in [5.41, 5.74) is -2.01. The van der Waals surface area contributed by atoms with Crippen molar-refractivity contribution in [1.82, 2.24) is 0 Å². The van der Waals surface area contributed by atoms with Gasteiger partial charge in [0, 0.05) is 5.92 Å². The molecule has 3 aliphatic rings. The summed E-state index contributed by atoms with van der Waals surface area (Å²) in [6.45, 7) is -1.40. The molecule has 2 heterocycles. The molecule has 1 aliphatic carbocycles. The second kappa shape index (κ2) is 7.45. The lowest BCUT2D eigenvalue weighted by Gasteiger charge is -2.44. The fraction of sp³-hybridized carbons (Fsp3) is 0.688. The predicted molar refractivity (Wildman–Crippen MR) is 83.6 cm³/mol. The molecule has 11 nitrogen and oxygen atoms in total. The fourth-order valence-corrected chi connectivity index (χ4v) is 3.60. The zero-order chi connectivity index (χ0) is 19.9. The van der Waals surface area contributed by atoms with Gasteiger partial charge in [0.25, 0.3) is 0 Å². The van der Waals surface area contributed by atoms with Gasteiger partial charge in [0.1, 0.15) is 30.0 Å². The highest BCUT2D eigenvalue weighted by atomic mass is 16.8. The molecule has 0 radical (unpaired) electrons. The van der Waals surface area contributed by atoms with E-state index in [4.69, 9.17) is 14.2 Å². The van der Waals surface area contributed by atoms with Gasteiger partial charge in [0.2, 0.25) is 6.29 Å². The summed E-state index contributed by atoms with van der Waals surface area (Å²) < 4.78 is 16.0. The number of carboxylic acids is 1.